The Morgan fingerprint density at radius 1 is 0.0986 bits per heavy atom. The second-order valence-corrected chi connectivity index (χ2v) is 29.5. The van der Waals surface area contributed by atoms with Gasteiger partial charge in [-0.15, -0.1) is 0 Å². The van der Waals surface area contributed by atoms with E-state index in [0.717, 1.165) is 0 Å². The van der Waals surface area contributed by atoms with Gasteiger partial charge in [0.15, 0.2) is 0 Å². The van der Waals surface area contributed by atoms with E-state index in [1.165, 1.54) is 218 Å². The summed E-state index contributed by atoms with van der Waals surface area (Å²) in [6, 6.07) is 135. The first-order valence-electron chi connectivity index (χ1n) is 54.6. The van der Waals surface area contributed by atoms with Gasteiger partial charge >= 0.3 is 0 Å². The Balaban J connectivity index is 0.000000831. The van der Waals surface area contributed by atoms with Gasteiger partial charge in [-0.2, -0.15) is 0 Å². The van der Waals surface area contributed by atoms with Gasteiger partial charge < -0.3 is 0 Å². The van der Waals surface area contributed by atoms with Crippen molar-refractivity contribution in [3.63, 3.8) is 0 Å². The van der Waals surface area contributed by atoms with Crippen LogP contribution in [0.15, 0.2) is 376 Å². The topological polar surface area (TPSA) is 0 Å². The molecule has 0 aliphatic rings. The molecule has 0 fully saturated rings. The summed E-state index contributed by atoms with van der Waals surface area (Å²) in [6.07, 6.45) is 0. The quantitative estimate of drug-likeness (QED) is 0.122. The monoisotopic (exact) mass is 1890 g/mol. The number of fused-ring (bicyclic) bond motifs is 16. The van der Waals surface area contributed by atoms with Crippen molar-refractivity contribution >= 4 is 129 Å². The Bertz CT molecular complexity index is 6970. The molecule has 0 N–H and O–H groups in total. The standard InChI is InChI=1S/C26H20.C25H18.C22H18.C21H16.C16H14.16C2H6/c1-17-18(2)22-15-14-20(16-26(22)25-12-6-5-10-21(17)25)24-13-7-9-19-8-3-4-11-23(19)24;1-17-21-10-4-6-12-23(21)25(24-13-7-5-11-22(17)24)20-15-14-18-8-2-3-9-19(18)16-20;1-15-16(2)20-13-12-18(17-8-4-3-5-9-17)14-22(20)21-11-7-6-10-19(15)21;1-15-17-11-5-6-12-18(17)19-13-7-8-14-20(19)21(15)16-9-3-2-4-10-16;1-11-12(2)14-8-4-6-10-16(14)15-9-5-3-7-13(11)15;16*1-2/h3-16H,1-2H3;2-16H,1H3;3-14H,1-2H3;2-14H,1H3;3-10H,1-2H3;16*1-2H3. The summed E-state index contributed by atoms with van der Waals surface area (Å²) in [5, 5.41) is 32.1. The van der Waals surface area contributed by atoms with E-state index in [2.05, 4.69) is 432 Å². The average molecular weight is 1890 g/mol. The lowest BCUT2D eigenvalue weighted by Crippen LogP contribution is -1.89. The second kappa shape index (κ2) is 72.1. The van der Waals surface area contributed by atoms with E-state index in [1.807, 2.05) is 222 Å². The van der Waals surface area contributed by atoms with E-state index >= 15 is 0 Å². The molecule has 0 radical (unpaired) electrons. The zero-order chi connectivity index (χ0) is 107. The molecule has 21 rings (SSSR count). The van der Waals surface area contributed by atoms with Crippen molar-refractivity contribution in [3.8, 4) is 44.5 Å². The number of aryl methyl sites for hydroxylation is 8. The molecule has 0 saturated carbocycles. The highest BCUT2D eigenvalue weighted by atomic mass is 14.2. The third-order valence-electron chi connectivity index (χ3n) is 23.4. The minimum absolute atomic E-state index is 1.27. The fourth-order valence-corrected chi connectivity index (χ4v) is 17.3. The van der Waals surface area contributed by atoms with E-state index in [1.54, 1.807) is 0 Å². The summed E-state index contributed by atoms with van der Waals surface area (Å²) < 4.78 is 0. The normalized spacial score (nSPS) is 9.41. The van der Waals surface area contributed by atoms with Crippen LogP contribution < -0.4 is 0 Å². The van der Waals surface area contributed by atoms with Crippen LogP contribution in [0, 0.1) is 55.4 Å². The molecule has 0 saturated heterocycles. The molecule has 0 amide bonds. The predicted molar refractivity (Wildman–Crippen MR) is 663 cm³/mol. The van der Waals surface area contributed by atoms with Crippen LogP contribution in [0.1, 0.15) is 266 Å². The average Bonchev–Trinajstić information content (AvgIpc) is 0.723. The number of benzene rings is 21. The summed E-state index contributed by atoms with van der Waals surface area (Å²) in [6.45, 7) is 81.8. The molecule has 0 bridgehead atoms. The van der Waals surface area contributed by atoms with Crippen LogP contribution in [-0.4, -0.2) is 0 Å². The van der Waals surface area contributed by atoms with Crippen molar-refractivity contribution in [2.24, 2.45) is 0 Å². The van der Waals surface area contributed by atoms with Crippen molar-refractivity contribution in [2.45, 2.75) is 277 Å². The molecule has 0 heterocycles. The Kier molecular flexibility index (Phi) is 64.3. The van der Waals surface area contributed by atoms with Gasteiger partial charge in [0.2, 0.25) is 0 Å². The van der Waals surface area contributed by atoms with Gasteiger partial charge in [0.25, 0.3) is 0 Å². The highest BCUT2D eigenvalue weighted by Crippen LogP contribution is 2.44. The van der Waals surface area contributed by atoms with Crippen LogP contribution >= 0.6 is 0 Å². The maximum atomic E-state index is 2.37. The number of hydrogen-bond acceptors (Lipinski definition) is 0. The minimum Gasteiger partial charge on any atom is -0.0683 e. The molecule has 0 unspecified atom stereocenters. The lowest BCUT2D eigenvalue weighted by molar-refractivity contribution is 1.41. The fraction of sp³-hybridized carbons (Fsp3) is 0.282. The number of rotatable bonds is 4. The Morgan fingerprint density at radius 3 is 0.662 bits per heavy atom. The van der Waals surface area contributed by atoms with Gasteiger partial charge in [-0.3, -0.25) is 0 Å². The van der Waals surface area contributed by atoms with Crippen LogP contribution in [0.5, 0.6) is 0 Å². The van der Waals surface area contributed by atoms with Crippen molar-refractivity contribution in [3.05, 3.63) is 421 Å². The second-order valence-electron chi connectivity index (χ2n) is 29.5. The lowest BCUT2D eigenvalue weighted by Gasteiger charge is -2.15. The predicted octanol–water partition coefficient (Wildman–Crippen LogP) is 47.8. The first-order chi connectivity index (χ1) is 70.0. The molecule has 750 valence electrons. The van der Waals surface area contributed by atoms with E-state index in [-0.39, 0.29) is 0 Å². The molecule has 0 aliphatic carbocycles. The zero-order valence-corrected chi connectivity index (χ0v) is 95.8. The van der Waals surface area contributed by atoms with Crippen LogP contribution in [0.3, 0.4) is 0 Å². The third-order valence-corrected chi connectivity index (χ3v) is 23.4. The minimum atomic E-state index is 1.27. The third kappa shape index (κ3) is 31.1. The highest BCUT2D eigenvalue weighted by molar-refractivity contribution is 6.19. The van der Waals surface area contributed by atoms with E-state index in [0.29, 0.717) is 0 Å². The molecule has 0 aliphatic heterocycles. The van der Waals surface area contributed by atoms with Gasteiger partial charge in [0.1, 0.15) is 0 Å². The summed E-state index contributed by atoms with van der Waals surface area (Å²) in [4.78, 5) is 0. The molecule has 21 aromatic rings. The van der Waals surface area contributed by atoms with Crippen LogP contribution in [0.4, 0.5) is 0 Å². The van der Waals surface area contributed by atoms with Gasteiger partial charge in [0.05, 0.1) is 0 Å². The van der Waals surface area contributed by atoms with Gasteiger partial charge in [-0.1, -0.05) is 579 Å². The largest absolute Gasteiger partial charge is 0.0683 e. The summed E-state index contributed by atoms with van der Waals surface area (Å²) in [5.74, 6) is 0. The Morgan fingerprint density at radius 2 is 0.317 bits per heavy atom. The first kappa shape index (κ1) is 127. The molecule has 0 aromatic heterocycles. The van der Waals surface area contributed by atoms with Crippen molar-refractivity contribution in [1.82, 2.24) is 0 Å². The maximum absolute atomic E-state index is 2.37. The molecule has 0 heteroatoms. The fourth-order valence-electron chi connectivity index (χ4n) is 17.3. The zero-order valence-electron chi connectivity index (χ0n) is 95.8. The first-order valence-corrected chi connectivity index (χ1v) is 54.6. The molecule has 0 nitrogen and oxygen atoms in total. The summed E-state index contributed by atoms with van der Waals surface area (Å²) in [7, 11) is 0. The molecule has 21 aromatic carbocycles. The maximum Gasteiger partial charge on any atom is -0.00264 e. The lowest BCUT2D eigenvalue weighted by atomic mass is 9.88. The Labute approximate surface area is 865 Å². The molecule has 142 heavy (non-hydrogen) atoms. The van der Waals surface area contributed by atoms with Crippen molar-refractivity contribution in [1.29, 1.82) is 0 Å². The van der Waals surface area contributed by atoms with E-state index in [9.17, 15) is 0 Å². The van der Waals surface area contributed by atoms with E-state index < -0.39 is 0 Å². The van der Waals surface area contributed by atoms with Crippen LogP contribution in [-0.2, 0) is 0 Å². The van der Waals surface area contributed by atoms with Gasteiger partial charge in [-0.25, -0.2) is 0 Å². The van der Waals surface area contributed by atoms with Crippen molar-refractivity contribution < 1.29 is 0 Å². The van der Waals surface area contributed by atoms with E-state index in [4.69, 9.17) is 0 Å². The van der Waals surface area contributed by atoms with Crippen LogP contribution in [0.2, 0.25) is 0 Å². The number of hydrogen-bond donors (Lipinski definition) is 0. The smallest absolute Gasteiger partial charge is 0.00264 e. The molecule has 0 spiro atoms. The van der Waals surface area contributed by atoms with Gasteiger partial charge in [0, 0.05) is 0 Å². The summed E-state index contributed by atoms with van der Waals surface area (Å²) in [5.41, 5.74) is 21.4. The molecular formula is C142H182. The van der Waals surface area contributed by atoms with Crippen LogP contribution in [0.25, 0.3) is 174 Å². The Hall–Kier alpha value is -13.3. The van der Waals surface area contributed by atoms with Crippen molar-refractivity contribution in [2.75, 3.05) is 0 Å². The van der Waals surface area contributed by atoms with Gasteiger partial charge in [-0.05, 0) is 292 Å². The SMILES string of the molecule is CC.CC.CC.CC.CC.CC.CC.CC.CC.CC.CC.CC.CC.CC.CC.CC.Cc1c(-c2ccccc2)c2ccccc2c2ccccc12.Cc1c(C)c2ccc(-c3cccc4ccccc34)cc2c2ccccc12.Cc1c(C)c2ccc(-c3ccccc3)cc2c2ccccc12.Cc1c(C)c2ccccc2c2ccccc12.Cc1c2ccccc2c(-c2ccc3ccccc3c2)c2ccccc12. The molecule has 0 atom stereocenters. The summed E-state index contributed by atoms with van der Waals surface area (Å²) >= 11 is 0. The highest BCUT2D eigenvalue weighted by Gasteiger charge is 2.18. The molecular weight excluding hydrogens is 1710 g/mol.